The number of anilines is 3. The summed E-state index contributed by atoms with van der Waals surface area (Å²) in [5, 5.41) is 9.85. The molecule has 344 valence electrons. The number of nitrogens with two attached hydrogens (primary N) is 1. The van der Waals surface area contributed by atoms with Gasteiger partial charge < -0.3 is 30.4 Å². The van der Waals surface area contributed by atoms with Crippen molar-refractivity contribution in [2.45, 2.75) is 19.0 Å². The predicted octanol–water partition coefficient (Wildman–Crippen LogP) is 10.2. The molecule has 14 nitrogen and oxygen atoms in total. The van der Waals surface area contributed by atoms with Crippen LogP contribution in [-0.4, -0.2) is 67.9 Å². The van der Waals surface area contributed by atoms with Crippen LogP contribution in [0, 0.1) is 5.92 Å². The second kappa shape index (κ2) is 18.6. The maximum atomic E-state index is 11.8. The largest absolute Gasteiger partial charge is 0.384 e. The average molecular weight is 920 g/mol. The number of rotatable bonds is 10. The first-order chi connectivity index (χ1) is 34.2. The third-order valence-corrected chi connectivity index (χ3v) is 13.2. The minimum atomic E-state index is -0.175. The van der Waals surface area contributed by atoms with Crippen molar-refractivity contribution in [2.24, 2.45) is 20.0 Å². The van der Waals surface area contributed by atoms with E-state index in [-0.39, 0.29) is 18.0 Å². The summed E-state index contributed by atoms with van der Waals surface area (Å²) in [6.07, 6.45) is 20.1. The number of hydrogen-bond acceptors (Lipinski definition) is 11. The summed E-state index contributed by atoms with van der Waals surface area (Å²) >= 11 is 0. The molecule has 0 spiro atoms. The monoisotopic (exact) mass is 919 g/mol. The van der Waals surface area contributed by atoms with Gasteiger partial charge in [-0.05, 0) is 111 Å². The number of aromatic nitrogens is 9. The van der Waals surface area contributed by atoms with Crippen LogP contribution in [0.2, 0.25) is 0 Å². The van der Waals surface area contributed by atoms with Gasteiger partial charge in [0.05, 0.1) is 34.2 Å². The fourth-order valence-corrected chi connectivity index (χ4v) is 9.53. The van der Waals surface area contributed by atoms with Gasteiger partial charge in [-0.2, -0.15) is 0 Å². The maximum absolute atomic E-state index is 11.8. The molecule has 0 bridgehead atoms. The van der Waals surface area contributed by atoms with Gasteiger partial charge in [0.25, 0.3) is 0 Å². The van der Waals surface area contributed by atoms with Crippen LogP contribution in [0.3, 0.4) is 0 Å². The summed E-state index contributed by atoms with van der Waals surface area (Å²) in [4.78, 5) is 45.1. The van der Waals surface area contributed by atoms with Crippen LogP contribution in [0.4, 0.5) is 17.2 Å². The molecule has 4 aromatic carbocycles. The van der Waals surface area contributed by atoms with Crippen LogP contribution >= 0.6 is 0 Å². The van der Waals surface area contributed by atoms with Gasteiger partial charge in [0.1, 0.15) is 5.82 Å². The molecule has 1 saturated heterocycles. The Kier molecular flexibility index (Phi) is 11.5. The van der Waals surface area contributed by atoms with Crippen molar-refractivity contribution < 1.29 is 4.79 Å². The minimum absolute atomic E-state index is 0.0247. The number of hydrogen-bond donors (Lipinski definition) is 3. The first-order valence-electron chi connectivity index (χ1n) is 23.1. The first-order valence-corrected chi connectivity index (χ1v) is 23.1. The molecule has 0 saturated carbocycles. The van der Waals surface area contributed by atoms with Gasteiger partial charge in [0, 0.05) is 142 Å². The number of likely N-dealkylation sites (tertiary alicyclic amines) is 1. The fourth-order valence-electron chi connectivity index (χ4n) is 9.53. The van der Waals surface area contributed by atoms with E-state index in [9.17, 15) is 4.79 Å². The number of carbonyl (C=O) groups is 1. The van der Waals surface area contributed by atoms with Gasteiger partial charge >= 0.3 is 0 Å². The van der Waals surface area contributed by atoms with Gasteiger partial charge in [0.15, 0.2) is 0 Å². The predicted molar refractivity (Wildman–Crippen MR) is 278 cm³/mol. The van der Waals surface area contributed by atoms with Crippen LogP contribution in [-0.2, 0) is 18.9 Å². The van der Waals surface area contributed by atoms with Gasteiger partial charge in [-0.15, -0.1) is 0 Å². The molecule has 1 aliphatic heterocycles. The molecule has 8 heterocycles. The summed E-state index contributed by atoms with van der Waals surface area (Å²) in [5.41, 5.74) is 21.0. The Balaban J connectivity index is 0.000000152. The molecule has 7 aromatic heterocycles. The minimum Gasteiger partial charge on any atom is -0.384 e. The molecular weight excluding hydrogens is 871 g/mol. The summed E-state index contributed by atoms with van der Waals surface area (Å²) < 4.78 is 4.26. The van der Waals surface area contributed by atoms with E-state index in [1.165, 1.54) is 21.8 Å². The Hall–Kier alpha value is -9.04. The summed E-state index contributed by atoms with van der Waals surface area (Å²) in [6.45, 7) is 3.08. The number of nitrogens with zero attached hydrogens (tertiary/aromatic N) is 10. The van der Waals surface area contributed by atoms with Crippen molar-refractivity contribution in [3.05, 3.63) is 194 Å². The van der Waals surface area contributed by atoms with Crippen LogP contribution in [0.5, 0.6) is 0 Å². The lowest BCUT2D eigenvalue weighted by Crippen LogP contribution is -2.52. The van der Waals surface area contributed by atoms with Gasteiger partial charge in [0.2, 0.25) is 5.91 Å². The van der Waals surface area contributed by atoms with Crippen molar-refractivity contribution in [2.75, 3.05) is 29.5 Å². The number of pyridine rings is 3. The quantitative estimate of drug-likeness (QED) is 0.119. The third kappa shape index (κ3) is 8.69. The number of aryl methyl sites for hydroxylation is 2. The standard InChI is InChI=1S/C28H23N7.C28H26N6O/c1-35-12-7-18-4-5-19(13-25(18)35)23-15-22(16-24-28(23)33-11-10-31-24)34-27(21-3-2-8-30-17-21)20-6-9-32-26(29)14-20;1-18(35)34-16-22(17-34)27(21-4-3-8-29-15-21)32-23-13-24(28-25(14-23)30-9-10-31-28)20-6-5-19-7-11-33(2)26(19)12-20/h2-17,27,34H,1H3,(H2,29,32);3-15,22,27,32H,16-17H2,1-2H3. The van der Waals surface area contributed by atoms with E-state index in [2.05, 4.69) is 154 Å². The Morgan fingerprint density at radius 2 is 1.14 bits per heavy atom. The maximum Gasteiger partial charge on any atom is 0.219 e. The van der Waals surface area contributed by atoms with Crippen molar-refractivity contribution in [3.8, 4) is 22.3 Å². The van der Waals surface area contributed by atoms with Gasteiger partial charge in [-0.3, -0.25) is 34.7 Å². The number of carbonyl (C=O) groups excluding carboxylic acids is 1. The van der Waals surface area contributed by atoms with Crippen LogP contribution in [0.1, 0.15) is 35.7 Å². The highest BCUT2D eigenvalue weighted by atomic mass is 16.2. The van der Waals surface area contributed by atoms with E-state index in [0.29, 0.717) is 11.7 Å². The van der Waals surface area contributed by atoms with Crippen molar-refractivity contribution in [3.63, 3.8) is 0 Å². The highest BCUT2D eigenvalue weighted by Gasteiger charge is 2.36. The SMILES string of the molecule is CC(=O)N1CC(C(Nc2cc(-c3ccc4ccn(C)c4c3)c3nccnc3c2)c2cccnc2)C1.Cn1ccc2ccc(-c3cc(NC(c4cccnc4)c4ccnc(N)c4)cc4nccnc34)cc21. The Labute approximate surface area is 404 Å². The number of fused-ring (bicyclic) bond motifs is 4. The molecule has 2 atom stereocenters. The molecule has 1 aliphatic rings. The molecule has 4 N–H and O–H groups in total. The van der Waals surface area contributed by atoms with Gasteiger partial charge in [-0.25, -0.2) is 4.98 Å². The molecule has 1 fully saturated rings. The van der Waals surface area contributed by atoms with Crippen molar-refractivity contribution in [1.29, 1.82) is 0 Å². The Morgan fingerprint density at radius 1 is 0.586 bits per heavy atom. The van der Waals surface area contributed by atoms with Crippen LogP contribution in [0.15, 0.2) is 177 Å². The number of nitrogens with one attached hydrogen (secondary N) is 2. The Morgan fingerprint density at radius 3 is 1.69 bits per heavy atom. The van der Waals surface area contributed by atoms with Crippen molar-refractivity contribution in [1.82, 2.24) is 48.9 Å². The second-order valence-corrected chi connectivity index (χ2v) is 17.8. The first kappa shape index (κ1) is 43.5. The van der Waals surface area contributed by atoms with E-state index in [0.717, 1.165) is 85.5 Å². The lowest BCUT2D eigenvalue weighted by Gasteiger charge is -2.43. The van der Waals surface area contributed by atoms with E-state index >= 15 is 0 Å². The number of nitrogen functional groups attached to an aromatic ring is 1. The van der Waals surface area contributed by atoms with Crippen LogP contribution in [0.25, 0.3) is 66.1 Å². The number of amides is 1. The molecular formula is C56H49N13O. The zero-order chi connectivity index (χ0) is 47.7. The molecule has 0 aliphatic carbocycles. The normalized spacial score (nSPS) is 13.4. The molecule has 70 heavy (non-hydrogen) atoms. The summed E-state index contributed by atoms with van der Waals surface area (Å²) in [7, 11) is 4.12. The highest BCUT2D eigenvalue weighted by molar-refractivity contribution is 5.98. The molecule has 1 amide bonds. The zero-order valence-corrected chi connectivity index (χ0v) is 38.8. The molecule has 11 aromatic rings. The summed E-state index contributed by atoms with van der Waals surface area (Å²) in [6, 6.07) is 37.3. The van der Waals surface area contributed by atoms with E-state index in [1.54, 1.807) is 50.3 Å². The van der Waals surface area contributed by atoms with E-state index in [1.807, 2.05) is 53.7 Å². The fraction of sp³-hybridized carbons (Fsp3) is 0.143. The summed E-state index contributed by atoms with van der Waals surface area (Å²) in [5.74, 6) is 0.883. The van der Waals surface area contributed by atoms with E-state index in [4.69, 9.17) is 5.73 Å². The third-order valence-electron chi connectivity index (χ3n) is 13.2. The smallest absolute Gasteiger partial charge is 0.219 e. The average Bonchev–Trinajstić information content (AvgIpc) is 3.95. The molecule has 2 unspecified atom stereocenters. The Bertz CT molecular complexity index is 3680. The zero-order valence-electron chi connectivity index (χ0n) is 38.8. The lowest BCUT2D eigenvalue weighted by atomic mass is 9.87. The van der Waals surface area contributed by atoms with E-state index < -0.39 is 0 Å². The lowest BCUT2D eigenvalue weighted by molar-refractivity contribution is -0.135. The van der Waals surface area contributed by atoms with Crippen molar-refractivity contribution >= 4 is 67.0 Å². The van der Waals surface area contributed by atoms with Gasteiger partial charge in [-0.1, -0.05) is 36.4 Å². The second-order valence-electron chi connectivity index (χ2n) is 17.8. The highest BCUT2D eigenvalue weighted by Crippen LogP contribution is 2.38. The van der Waals surface area contributed by atoms with Crippen LogP contribution < -0.4 is 16.4 Å². The molecule has 14 heteroatoms. The topological polar surface area (TPSA) is 170 Å². The molecule has 0 radical (unpaired) electrons. The molecule has 12 rings (SSSR count). The number of benzene rings is 4.